The van der Waals surface area contributed by atoms with Crippen LogP contribution in [-0.2, 0) is 0 Å². The van der Waals surface area contributed by atoms with Gasteiger partial charge in [-0.25, -0.2) is 0 Å². The quantitative estimate of drug-likeness (QED) is 0.361. The van der Waals surface area contributed by atoms with Crippen molar-refractivity contribution >= 4 is 13.5 Å². The van der Waals surface area contributed by atoms with E-state index in [0.29, 0.717) is 0 Å². The second-order valence-corrected chi connectivity index (χ2v) is 0. The molecule has 0 nitrogen and oxygen atoms in total. The SMILES string of the molecule is C.F.F.S.[2HH].[H-].[HH].[K+]. The Morgan fingerprint density at radius 1 is 1.40 bits per heavy atom. The van der Waals surface area contributed by atoms with Crippen LogP contribution in [-0.4, -0.2) is 0 Å². The fourth-order valence-electron chi connectivity index (χ4n) is 0. The molecule has 0 aromatic heterocycles. The molecule has 38 valence electrons. The molecule has 0 saturated carbocycles. The third-order valence-corrected chi connectivity index (χ3v) is 0. The molecule has 0 fully saturated rings. The zero-order chi connectivity index (χ0) is 0. The van der Waals surface area contributed by atoms with Crippen molar-refractivity contribution in [3.8, 4) is 0 Å². The second-order valence-electron chi connectivity index (χ2n) is 0. The molecule has 0 spiro atoms. The van der Waals surface area contributed by atoms with Gasteiger partial charge in [0.25, 0.3) is 0 Å². The molecular weight excluding hydrogens is 121 g/mol. The summed E-state index contributed by atoms with van der Waals surface area (Å²) < 4.78 is 0. The van der Waals surface area contributed by atoms with Crippen molar-refractivity contribution in [3.63, 3.8) is 0 Å². The first kappa shape index (κ1) is 68.6. The maximum Gasteiger partial charge on any atom is 1.00 e. The van der Waals surface area contributed by atoms with E-state index in [9.17, 15) is 0 Å². The van der Waals surface area contributed by atoms with Gasteiger partial charge in [-0.3, -0.25) is 9.41 Å². The van der Waals surface area contributed by atoms with Crippen LogP contribution in [0, 0.1) is 0 Å². The van der Waals surface area contributed by atoms with Crippen molar-refractivity contribution in [2.24, 2.45) is 0 Å². The van der Waals surface area contributed by atoms with E-state index in [1.54, 1.807) is 0 Å². The summed E-state index contributed by atoms with van der Waals surface area (Å²) >= 11 is 0. The van der Waals surface area contributed by atoms with Gasteiger partial charge in [0, 0.05) is 2.85 Å². The number of hydrogen-bond donors (Lipinski definition) is 0. The zero-order valence-corrected chi connectivity index (χ0v) is 6.44. The molecule has 0 unspecified atom stereocenters. The first-order valence-corrected chi connectivity index (χ1v) is 0. The summed E-state index contributed by atoms with van der Waals surface area (Å²) in [5.41, 5.74) is 0. The average molecular weight is 135 g/mol. The molecule has 0 bridgehead atoms. The van der Waals surface area contributed by atoms with E-state index in [1.807, 2.05) is 0 Å². The molecule has 0 saturated heterocycles. The molecule has 0 aromatic rings. The first-order valence-electron chi connectivity index (χ1n) is 0. The Balaban J connectivity index is 0. The smallest absolute Gasteiger partial charge is 1.00 e. The van der Waals surface area contributed by atoms with Gasteiger partial charge >= 0.3 is 51.4 Å². The van der Waals surface area contributed by atoms with E-state index in [2.05, 4.69) is 0 Å². The largest absolute Gasteiger partial charge is 1.00 e. The first-order chi connectivity index (χ1) is 0. The maximum absolute atomic E-state index is 0. The van der Waals surface area contributed by atoms with Gasteiger partial charge in [0.2, 0.25) is 0 Å². The molecule has 0 aliphatic rings. The minimum absolute atomic E-state index is 0. The van der Waals surface area contributed by atoms with Crippen LogP contribution >= 0.6 is 13.5 Å². The van der Waals surface area contributed by atoms with Crippen LogP contribution in [0.15, 0.2) is 0 Å². The topological polar surface area (TPSA) is 0 Å². The van der Waals surface area contributed by atoms with Gasteiger partial charge in [-0.15, -0.1) is 0 Å². The summed E-state index contributed by atoms with van der Waals surface area (Å²) in [6.45, 7) is 0. The van der Waals surface area contributed by atoms with Crippen molar-refractivity contribution in [2.45, 2.75) is 7.43 Å². The van der Waals surface area contributed by atoms with E-state index < -0.39 is 0 Å². The number of rotatable bonds is 0. The Morgan fingerprint density at radius 3 is 1.40 bits per heavy atom. The number of hydrogen-bond acceptors (Lipinski definition) is 0. The van der Waals surface area contributed by atoms with E-state index >= 15 is 0 Å². The Hall–Kier alpha value is 1.85. The normalized spacial score (nSPS) is 0. The molecule has 0 heterocycles. The van der Waals surface area contributed by atoms with Crippen LogP contribution in [0.5, 0.6) is 0 Å². The molecule has 0 aliphatic heterocycles. The van der Waals surface area contributed by atoms with E-state index in [-0.39, 0.29) is 86.0 Å². The predicted molar refractivity (Wildman–Crippen MR) is 27.5 cm³/mol. The summed E-state index contributed by atoms with van der Waals surface area (Å²) in [4.78, 5) is 0. The summed E-state index contributed by atoms with van der Waals surface area (Å²) in [6, 6.07) is 0. The Morgan fingerprint density at radius 2 is 1.40 bits per heavy atom. The van der Waals surface area contributed by atoms with E-state index in [1.165, 1.54) is 0 Å². The maximum atomic E-state index is 0. The summed E-state index contributed by atoms with van der Waals surface area (Å²) in [5, 5.41) is 0. The minimum Gasteiger partial charge on any atom is -1.00 e. The molecule has 5 heavy (non-hydrogen) atoms. The van der Waals surface area contributed by atoms with Crippen molar-refractivity contribution in [3.05, 3.63) is 0 Å². The molecule has 4 heteroatoms. The van der Waals surface area contributed by atoms with Crippen LogP contribution in [0.4, 0.5) is 9.41 Å². The van der Waals surface area contributed by atoms with Crippen LogP contribution in [0.25, 0.3) is 0 Å². The molecular formula is CH13F2KS. The van der Waals surface area contributed by atoms with Crippen molar-refractivity contribution < 1.29 is 65.1 Å². The van der Waals surface area contributed by atoms with Gasteiger partial charge in [-0.2, -0.15) is 13.5 Å². The molecule has 0 atom stereocenters. The molecule has 0 aliphatic carbocycles. The van der Waals surface area contributed by atoms with Crippen LogP contribution in [0.2, 0.25) is 0 Å². The van der Waals surface area contributed by atoms with Crippen LogP contribution in [0.1, 0.15) is 11.7 Å². The fraction of sp³-hybridized carbons (Fsp3) is 1.00. The summed E-state index contributed by atoms with van der Waals surface area (Å²) in [6.07, 6.45) is 0. The molecule has 0 radical (unpaired) electrons. The van der Waals surface area contributed by atoms with Crippen molar-refractivity contribution in [1.29, 1.82) is 0 Å². The van der Waals surface area contributed by atoms with E-state index in [4.69, 9.17) is 0 Å². The van der Waals surface area contributed by atoms with Gasteiger partial charge in [0.15, 0.2) is 0 Å². The molecule has 0 aromatic carbocycles. The van der Waals surface area contributed by atoms with Gasteiger partial charge in [-0.05, 0) is 0 Å². The third kappa shape index (κ3) is 25.4. The van der Waals surface area contributed by atoms with Crippen LogP contribution in [0.3, 0.4) is 0 Å². The average Bonchev–Trinajstić information content (AvgIpc) is 0. The Bertz CT molecular complexity index is 17.2. The Kier molecular flexibility index (Phi) is 553. The third-order valence-electron chi connectivity index (χ3n) is 0. The predicted octanol–water partition coefficient (Wildman–Crippen LogP) is -1.34. The Labute approximate surface area is 84.8 Å². The number of halogens is 2. The van der Waals surface area contributed by atoms with Crippen molar-refractivity contribution in [1.82, 2.24) is 0 Å². The van der Waals surface area contributed by atoms with Crippen LogP contribution < -0.4 is 51.4 Å². The zero-order valence-electron chi connectivity index (χ0n) is 3.32. The fourth-order valence-corrected chi connectivity index (χ4v) is 0. The second kappa shape index (κ2) is 40.3. The van der Waals surface area contributed by atoms with Crippen molar-refractivity contribution in [2.75, 3.05) is 0 Å². The monoisotopic (exact) mass is 135 g/mol. The van der Waals surface area contributed by atoms with E-state index in [0.717, 1.165) is 0 Å². The van der Waals surface area contributed by atoms with Gasteiger partial charge < -0.3 is 1.43 Å². The van der Waals surface area contributed by atoms with Gasteiger partial charge in [0.1, 0.15) is 0 Å². The molecule has 0 amide bonds. The molecule has 0 N–H and O–H groups in total. The standard InChI is InChI=1S/CH4.2FH.K.H2S.2H2.H/h1H4;2*1H;;1H2;2*1H;/q;;;+1;;;;-1/i;;;;;1+1;;. The minimum atomic E-state index is 0. The summed E-state index contributed by atoms with van der Waals surface area (Å²) in [5.74, 6) is 0. The summed E-state index contributed by atoms with van der Waals surface area (Å²) in [7, 11) is 0. The van der Waals surface area contributed by atoms with Gasteiger partial charge in [0.05, 0.1) is 0 Å². The van der Waals surface area contributed by atoms with Gasteiger partial charge in [-0.1, -0.05) is 7.43 Å². The molecule has 0 rings (SSSR count).